The van der Waals surface area contributed by atoms with Crippen LogP contribution in [0.15, 0.2) is 127 Å². The van der Waals surface area contributed by atoms with Crippen molar-refractivity contribution in [1.82, 2.24) is 0 Å². The molecule has 0 saturated heterocycles. The summed E-state index contributed by atoms with van der Waals surface area (Å²) < 4.78 is 18.3. The smallest absolute Gasteiger partial charge is 0.338 e. The molecule has 0 aliphatic carbocycles. The van der Waals surface area contributed by atoms with E-state index in [9.17, 15) is 4.79 Å². The highest BCUT2D eigenvalue weighted by atomic mass is 16.5. The van der Waals surface area contributed by atoms with Crippen LogP contribution in [0.3, 0.4) is 0 Å². The Morgan fingerprint density at radius 2 is 1.18 bits per heavy atom. The molecule has 0 N–H and O–H groups in total. The molecule has 0 fully saturated rings. The lowest BCUT2D eigenvalue weighted by atomic mass is 9.80. The fraction of sp³-hybridized carbons (Fsp3) is 0.178. The highest BCUT2D eigenvalue weighted by Crippen LogP contribution is 2.53. The number of hydrogen-bond acceptors (Lipinski definition) is 6. The molecule has 1 aliphatic rings. The van der Waals surface area contributed by atoms with Crippen LogP contribution in [0.4, 0.5) is 28.4 Å². The van der Waals surface area contributed by atoms with E-state index >= 15 is 0 Å². The summed E-state index contributed by atoms with van der Waals surface area (Å²) in [6.07, 6.45) is 0. The number of fused-ring (bicyclic) bond motifs is 2. The van der Waals surface area contributed by atoms with E-state index in [1.54, 1.807) is 7.11 Å². The second-order valence-corrected chi connectivity index (χ2v) is 13.0. The predicted octanol–water partition coefficient (Wildman–Crippen LogP) is 11.3. The lowest BCUT2D eigenvalue weighted by Crippen LogP contribution is -2.19. The summed E-state index contributed by atoms with van der Waals surface area (Å²) in [5, 5.41) is 0. The molecule has 0 spiro atoms. The van der Waals surface area contributed by atoms with Crippen LogP contribution in [0.2, 0.25) is 0 Å². The van der Waals surface area contributed by atoms with Gasteiger partial charge < -0.3 is 24.0 Å². The number of aryl methyl sites for hydroxylation is 3. The van der Waals surface area contributed by atoms with Crippen molar-refractivity contribution in [2.75, 3.05) is 30.6 Å². The highest BCUT2D eigenvalue weighted by molar-refractivity contribution is 5.92. The van der Waals surface area contributed by atoms with Crippen LogP contribution in [0, 0.1) is 20.8 Å². The van der Waals surface area contributed by atoms with Gasteiger partial charge in [-0.2, -0.15) is 0 Å². The molecule has 1 heterocycles. The van der Waals surface area contributed by atoms with E-state index in [-0.39, 0.29) is 11.9 Å². The predicted molar refractivity (Wildman–Crippen MR) is 206 cm³/mol. The van der Waals surface area contributed by atoms with Crippen LogP contribution in [-0.2, 0) is 4.74 Å². The minimum absolute atomic E-state index is 0.343. The quantitative estimate of drug-likeness (QED) is 0.142. The molecule has 1 atom stereocenters. The van der Waals surface area contributed by atoms with E-state index in [0.29, 0.717) is 17.1 Å². The van der Waals surface area contributed by atoms with E-state index in [0.717, 1.165) is 57.4 Å². The van der Waals surface area contributed by atoms with E-state index in [2.05, 4.69) is 135 Å². The van der Waals surface area contributed by atoms with E-state index in [1.165, 1.54) is 23.8 Å². The van der Waals surface area contributed by atoms with Crippen LogP contribution in [0.1, 0.15) is 56.6 Å². The molecule has 6 aromatic carbocycles. The van der Waals surface area contributed by atoms with Gasteiger partial charge in [0.05, 0.1) is 25.5 Å². The zero-order chi connectivity index (χ0) is 35.6. The van der Waals surface area contributed by atoms with Crippen molar-refractivity contribution < 1.29 is 19.0 Å². The number of anilines is 5. The molecular weight excluding hydrogens is 633 g/mol. The molecule has 7 rings (SSSR count). The Bertz CT molecular complexity index is 2150. The van der Waals surface area contributed by atoms with Crippen molar-refractivity contribution in [3.05, 3.63) is 166 Å². The maximum atomic E-state index is 13.3. The molecule has 0 radical (unpaired) electrons. The molecule has 256 valence electrons. The number of hydrogen-bond donors (Lipinski definition) is 0. The first-order valence-electron chi connectivity index (χ1n) is 17.3. The number of rotatable bonds is 9. The van der Waals surface area contributed by atoms with Crippen LogP contribution in [-0.4, -0.2) is 26.7 Å². The van der Waals surface area contributed by atoms with Gasteiger partial charge in [-0.25, -0.2) is 4.79 Å². The van der Waals surface area contributed by atoms with Gasteiger partial charge in [-0.05, 0) is 87.9 Å². The Labute approximate surface area is 300 Å². The van der Waals surface area contributed by atoms with E-state index < -0.39 is 0 Å². The summed E-state index contributed by atoms with van der Waals surface area (Å²) in [6.45, 7) is 9.19. The van der Waals surface area contributed by atoms with Gasteiger partial charge >= 0.3 is 5.97 Å². The Morgan fingerprint density at radius 1 is 0.627 bits per heavy atom. The second-order valence-electron chi connectivity index (χ2n) is 13.0. The van der Waals surface area contributed by atoms with Crippen LogP contribution in [0.5, 0.6) is 17.2 Å². The normalized spacial score (nSPS) is 13.0. The first-order chi connectivity index (χ1) is 24.8. The van der Waals surface area contributed by atoms with Crippen LogP contribution in [0.25, 0.3) is 0 Å². The number of carbonyl (C=O) groups is 1. The molecule has 6 heteroatoms. The number of benzene rings is 6. The van der Waals surface area contributed by atoms with Crippen molar-refractivity contribution in [3.8, 4) is 17.2 Å². The Hall–Kier alpha value is -6.01. The van der Waals surface area contributed by atoms with Gasteiger partial charge in [0.15, 0.2) is 0 Å². The standard InChI is InChI=1S/C45H42N2O4/c1-7-46(32-18-12-29(2)13-19-32)35-24-25-38-41(26-35)51-42-28-43(49-5)40(27-39(42)44(38)36-10-8-9-11-37(36)45(48)50-6)47(33-20-14-30(3)15-21-33)34-22-16-31(4)17-23-34/h8-28,44H,7H2,1-6H3. The van der Waals surface area contributed by atoms with Gasteiger partial charge in [0.25, 0.3) is 0 Å². The summed E-state index contributed by atoms with van der Waals surface area (Å²) in [5.41, 5.74) is 11.7. The summed E-state index contributed by atoms with van der Waals surface area (Å²) in [5.74, 6) is 1.31. The lowest BCUT2D eigenvalue weighted by molar-refractivity contribution is 0.0599. The first-order valence-corrected chi connectivity index (χ1v) is 17.3. The molecule has 51 heavy (non-hydrogen) atoms. The van der Waals surface area contributed by atoms with Gasteiger partial charge in [-0.15, -0.1) is 0 Å². The monoisotopic (exact) mass is 674 g/mol. The molecule has 0 bridgehead atoms. The summed E-state index contributed by atoms with van der Waals surface area (Å²) >= 11 is 0. The molecule has 6 aromatic rings. The minimum atomic E-state index is -0.386. The van der Waals surface area contributed by atoms with Gasteiger partial charge in [0.2, 0.25) is 0 Å². The average molecular weight is 675 g/mol. The zero-order valence-corrected chi connectivity index (χ0v) is 29.9. The molecule has 0 aromatic heterocycles. The van der Waals surface area contributed by atoms with Gasteiger partial charge in [-0.3, -0.25) is 0 Å². The van der Waals surface area contributed by atoms with Crippen LogP contribution < -0.4 is 19.3 Å². The van der Waals surface area contributed by atoms with Crippen molar-refractivity contribution in [1.29, 1.82) is 0 Å². The lowest BCUT2D eigenvalue weighted by Gasteiger charge is -2.34. The second kappa shape index (κ2) is 14.1. The minimum Gasteiger partial charge on any atom is -0.494 e. The topological polar surface area (TPSA) is 51.2 Å². The summed E-state index contributed by atoms with van der Waals surface area (Å²) in [7, 11) is 3.11. The Balaban J connectivity index is 1.45. The molecular formula is C45H42N2O4. The largest absolute Gasteiger partial charge is 0.494 e. The number of nitrogens with zero attached hydrogens (tertiary/aromatic N) is 2. The first kappa shape index (κ1) is 33.5. The third-order valence-corrected chi connectivity index (χ3v) is 9.63. The zero-order valence-electron chi connectivity index (χ0n) is 29.9. The maximum Gasteiger partial charge on any atom is 0.338 e. The SMILES string of the molecule is CCN(c1ccc(C)cc1)c1ccc2c(c1)Oc1cc(OC)c(N(c3ccc(C)cc3)c3ccc(C)cc3)cc1C2c1ccccc1C(=O)OC. The Kier molecular flexibility index (Phi) is 9.24. The van der Waals surface area contributed by atoms with E-state index in [4.69, 9.17) is 14.2 Å². The molecule has 0 amide bonds. The van der Waals surface area contributed by atoms with E-state index in [1.807, 2.05) is 30.3 Å². The molecule has 6 nitrogen and oxygen atoms in total. The third kappa shape index (κ3) is 6.41. The van der Waals surface area contributed by atoms with Crippen molar-refractivity contribution in [3.63, 3.8) is 0 Å². The van der Waals surface area contributed by atoms with Crippen molar-refractivity contribution >= 4 is 34.4 Å². The fourth-order valence-corrected chi connectivity index (χ4v) is 6.96. The maximum absolute atomic E-state index is 13.3. The van der Waals surface area contributed by atoms with Crippen molar-refractivity contribution in [2.24, 2.45) is 0 Å². The molecule has 1 unspecified atom stereocenters. The number of methoxy groups -OCH3 is 2. The van der Waals surface area contributed by atoms with Crippen molar-refractivity contribution in [2.45, 2.75) is 33.6 Å². The number of ether oxygens (including phenoxy) is 3. The summed E-state index contributed by atoms with van der Waals surface area (Å²) in [4.78, 5) is 17.7. The van der Waals surface area contributed by atoms with Gasteiger partial charge in [0.1, 0.15) is 17.2 Å². The number of esters is 1. The Morgan fingerprint density at radius 3 is 1.75 bits per heavy atom. The average Bonchev–Trinajstić information content (AvgIpc) is 3.16. The van der Waals surface area contributed by atoms with Gasteiger partial charge in [0, 0.05) is 58.5 Å². The third-order valence-electron chi connectivity index (χ3n) is 9.63. The number of carbonyl (C=O) groups excluding carboxylic acids is 1. The van der Waals surface area contributed by atoms with Gasteiger partial charge in [-0.1, -0.05) is 77.4 Å². The molecule has 0 saturated carbocycles. The summed E-state index contributed by atoms with van der Waals surface area (Å²) in [6, 6.07) is 43.7. The highest BCUT2D eigenvalue weighted by Gasteiger charge is 2.34. The fourth-order valence-electron chi connectivity index (χ4n) is 6.96. The van der Waals surface area contributed by atoms with Crippen LogP contribution >= 0.6 is 0 Å². The molecule has 1 aliphatic heterocycles.